The van der Waals surface area contributed by atoms with E-state index in [4.69, 9.17) is 10.3 Å². The molecule has 0 spiro atoms. The molecule has 1 aliphatic rings. The molecule has 112 valence electrons. The third-order valence-corrected chi connectivity index (χ3v) is 3.87. The fourth-order valence-corrected chi connectivity index (χ4v) is 2.74. The molecule has 1 atom stereocenters. The van der Waals surface area contributed by atoms with Gasteiger partial charge in [0.1, 0.15) is 11.6 Å². The Morgan fingerprint density at radius 2 is 2.24 bits per heavy atom. The van der Waals surface area contributed by atoms with Crippen molar-refractivity contribution in [1.29, 1.82) is 0 Å². The smallest absolute Gasteiger partial charge is 0.240 e. The Morgan fingerprint density at radius 3 is 2.95 bits per heavy atom. The molecule has 1 aliphatic heterocycles. The van der Waals surface area contributed by atoms with E-state index in [9.17, 15) is 8.78 Å². The van der Waals surface area contributed by atoms with Crippen molar-refractivity contribution in [3.63, 3.8) is 0 Å². The maximum Gasteiger partial charge on any atom is 0.240 e. The molecular weight excluding hydrogens is 278 g/mol. The molecule has 0 saturated carbocycles. The van der Waals surface area contributed by atoms with Crippen molar-refractivity contribution >= 4 is 0 Å². The SMILES string of the molecule is CC1c2cc(F)cc(F)c2CCN1Cc1noc(CN)n1. The Hall–Kier alpha value is -1.86. The van der Waals surface area contributed by atoms with E-state index in [1.807, 2.05) is 6.92 Å². The zero-order valence-corrected chi connectivity index (χ0v) is 11.6. The van der Waals surface area contributed by atoms with Crippen molar-refractivity contribution < 1.29 is 13.3 Å². The molecule has 0 aliphatic carbocycles. The van der Waals surface area contributed by atoms with E-state index in [1.165, 1.54) is 6.07 Å². The Labute approximate surface area is 120 Å². The first-order valence-electron chi connectivity index (χ1n) is 6.82. The molecule has 0 radical (unpaired) electrons. The molecule has 1 aromatic heterocycles. The summed E-state index contributed by atoms with van der Waals surface area (Å²) in [5.74, 6) is -0.110. The van der Waals surface area contributed by atoms with E-state index in [0.29, 0.717) is 42.4 Å². The maximum absolute atomic E-state index is 13.8. The number of hydrogen-bond donors (Lipinski definition) is 1. The number of rotatable bonds is 3. The first-order valence-corrected chi connectivity index (χ1v) is 6.82. The zero-order chi connectivity index (χ0) is 15.0. The van der Waals surface area contributed by atoms with Crippen LogP contribution in [-0.2, 0) is 19.5 Å². The minimum atomic E-state index is -0.551. The van der Waals surface area contributed by atoms with E-state index >= 15 is 0 Å². The second-order valence-electron chi connectivity index (χ2n) is 5.16. The van der Waals surface area contributed by atoms with Crippen LogP contribution in [0.5, 0.6) is 0 Å². The minimum absolute atomic E-state index is 0.112. The molecule has 0 fully saturated rings. The summed E-state index contributed by atoms with van der Waals surface area (Å²) in [5.41, 5.74) is 6.70. The van der Waals surface area contributed by atoms with Gasteiger partial charge in [-0.3, -0.25) is 4.90 Å². The molecule has 2 heterocycles. The van der Waals surface area contributed by atoms with Crippen molar-refractivity contribution in [2.75, 3.05) is 6.54 Å². The molecule has 0 amide bonds. The number of hydrogen-bond acceptors (Lipinski definition) is 5. The van der Waals surface area contributed by atoms with E-state index in [-0.39, 0.29) is 12.6 Å². The zero-order valence-electron chi connectivity index (χ0n) is 11.6. The molecule has 5 nitrogen and oxygen atoms in total. The van der Waals surface area contributed by atoms with E-state index < -0.39 is 11.6 Å². The van der Waals surface area contributed by atoms with E-state index in [2.05, 4.69) is 15.0 Å². The van der Waals surface area contributed by atoms with Crippen molar-refractivity contribution in [2.24, 2.45) is 5.73 Å². The maximum atomic E-state index is 13.8. The second kappa shape index (κ2) is 5.50. The summed E-state index contributed by atoms with van der Waals surface area (Å²) in [6.45, 7) is 3.23. The van der Waals surface area contributed by atoms with Gasteiger partial charge in [-0.1, -0.05) is 5.16 Å². The fraction of sp³-hybridized carbons (Fsp3) is 0.429. The van der Waals surface area contributed by atoms with E-state index in [0.717, 1.165) is 6.07 Å². The van der Waals surface area contributed by atoms with Crippen LogP contribution in [0.2, 0.25) is 0 Å². The predicted molar refractivity (Wildman–Crippen MR) is 71.1 cm³/mol. The van der Waals surface area contributed by atoms with Gasteiger partial charge in [-0.15, -0.1) is 0 Å². The molecule has 2 aromatic rings. The van der Waals surface area contributed by atoms with Gasteiger partial charge in [-0.25, -0.2) is 8.78 Å². The lowest BCUT2D eigenvalue weighted by Crippen LogP contribution is -2.34. The monoisotopic (exact) mass is 294 g/mol. The van der Waals surface area contributed by atoms with Gasteiger partial charge in [0, 0.05) is 18.7 Å². The Balaban J connectivity index is 1.83. The first-order chi connectivity index (χ1) is 10.1. The average Bonchev–Trinajstić information content (AvgIpc) is 2.90. The van der Waals surface area contributed by atoms with Gasteiger partial charge in [-0.2, -0.15) is 4.98 Å². The summed E-state index contributed by atoms with van der Waals surface area (Å²) in [6.07, 6.45) is 0.535. The fourth-order valence-electron chi connectivity index (χ4n) is 2.74. The summed E-state index contributed by atoms with van der Waals surface area (Å²) in [6, 6.07) is 2.23. The van der Waals surface area contributed by atoms with Crippen LogP contribution >= 0.6 is 0 Å². The Kier molecular flexibility index (Phi) is 3.69. The molecule has 0 bridgehead atoms. The van der Waals surface area contributed by atoms with Crippen molar-refractivity contribution in [1.82, 2.24) is 15.0 Å². The lowest BCUT2D eigenvalue weighted by Gasteiger charge is -2.34. The van der Waals surface area contributed by atoms with Crippen molar-refractivity contribution in [3.05, 3.63) is 46.6 Å². The summed E-state index contributed by atoms with van der Waals surface area (Å²) in [7, 11) is 0. The number of nitrogens with two attached hydrogens (primary N) is 1. The summed E-state index contributed by atoms with van der Waals surface area (Å²) >= 11 is 0. The lowest BCUT2D eigenvalue weighted by molar-refractivity contribution is 0.180. The average molecular weight is 294 g/mol. The van der Waals surface area contributed by atoms with Crippen LogP contribution in [0.15, 0.2) is 16.7 Å². The molecule has 3 rings (SSSR count). The van der Waals surface area contributed by atoms with Crippen molar-refractivity contribution in [2.45, 2.75) is 32.5 Å². The van der Waals surface area contributed by atoms with Gasteiger partial charge >= 0.3 is 0 Å². The largest absolute Gasteiger partial charge is 0.338 e. The highest BCUT2D eigenvalue weighted by Gasteiger charge is 2.27. The topological polar surface area (TPSA) is 68.2 Å². The summed E-state index contributed by atoms with van der Waals surface area (Å²) < 4.78 is 32.2. The molecule has 21 heavy (non-hydrogen) atoms. The Bertz CT molecular complexity index is 658. The van der Waals surface area contributed by atoms with Crippen LogP contribution < -0.4 is 5.73 Å². The third kappa shape index (κ3) is 2.66. The number of aromatic nitrogens is 2. The van der Waals surface area contributed by atoms with Crippen LogP contribution in [0.4, 0.5) is 8.78 Å². The first kappa shape index (κ1) is 14.1. The van der Waals surface area contributed by atoms with Gasteiger partial charge in [0.15, 0.2) is 5.82 Å². The third-order valence-electron chi connectivity index (χ3n) is 3.87. The quantitative estimate of drug-likeness (QED) is 0.936. The molecule has 7 heteroatoms. The molecule has 1 aromatic carbocycles. The van der Waals surface area contributed by atoms with E-state index in [1.54, 1.807) is 0 Å². The van der Waals surface area contributed by atoms with Gasteiger partial charge in [0.2, 0.25) is 5.89 Å². The second-order valence-corrected chi connectivity index (χ2v) is 5.16. The summed E-state index contributed by atoms with van der Waals surface area (Å²) in [5, 5.41) is 3.85. The summed E-state index contributed by atoms with van der Waals surface area (Å²) in [4.78, 5) is 6.22. The van der Waals surface area contributed by atoms with Gasteiger partial charge < -0.3 is 10.3 Å². The highest BCUT2D eigenvalue weighted by molar-refractivity contribution is 5.34. The molecule has 2 N–H and O–H groups in total. The standard InChI is InChI=1S/C14H16F2N4O/c1-8-11-4-9(15)5-12(16)10(11)2-3-20(8)7-13-18-14(6-17)21-19-13/h4-5,8H,2-3,6-7,17H2,1H3. The molecule has 0 saturated heterocycles. The van der Waals surface area contributed by atoms with Crippen LogP contribution in [0.1, 0.15) is 35.8 Å². The number of fused-ring (bicyclic) bond motifs is 1. The lowest BCUT2D eigenvalue weighted by atomic mass is 9.93. The normalized spacial score (nSPS) is 18.8. The number of benzene rings is 1. The predicted octanol–water partition coefficient (Wildman–Crippen LogP) is 1.93. The van der Waals surface area contributed by atoms with Gasteiger partial charge in [-0.05, 0) is 30.5 Å². The van der Waals surface area contributed by atoms with Crippen LogP contribution in [0.25, 0.3) is 0 Å². The molecule has 1 unspecified atom stereocenters. The highest BCUT2D eigenvalue weighted by atomic mass is 19.1. The Morgan fingerprint density at radius 1 is 1.43 bits per heavy atom. The molecular formula is C14H16F2N4O. The minimum Gasteiger partial charge on any atom is -0.338 e. The van der Waals surface area contributed by atoms with Gasteiger partial charge in [0.25, 0.3) is 0 Å². The number of nitrogens with zero attached hydrogens (tertiary/aromatic N) is 3. The highest BCUT2D eigenvalue weighted by Crippen LogP contribution is 2.32. The van der Waals surface area contributed by atoms with Crippen LogP contribution in [0, 0.1) is 11.6 Å². The van der Waals surface area contributed by atoms with Crippen LogP contribution in [-0.4, -0.2) is 21.6 Å². The van der Waals surface area contributed by atoms with Crippen molar-refractivity contribution in [3.8, 4) is 0 Å². The van der Waals surface area contributed by atoms with Gasteiger partial charge in [0.05, 0.1) is 13.1 Å². The number of halogens is 2. The van der Waals surface area contributed by atoms with Crippen LogP contribution in [0.3, 0.4) is 0 Å².